The highest BCUT2D eigenvalue weighted by Gasteiger charge is 2.28. The molecule has 0 aromatic heterocycles. The Bertz CT molecular complexity index is 777. The molecule has 1 heterocycles. The average molecular weight is 368 g/mol. The summed E-state index contributed by atoms with van der Waals surface area (Å²) in [7, 11) is 3.11. The van der Waals surface area contributed by atoms with E-state index in [0.29, 0.717) is 43.0 Å². The van der Waals surface area contributed by atoms with E-state index in [9.17, 15) is 9.59 Å². The van der Waals surface area contributed by atoms with Crippen LogP contribution in [-0.2, 0) is 4.79 Å². The Hall–Kier alpha value is -3.02. The van der Waals surface area contributed by atoms with Crippen molar-refractivity contribution in [2.75, 3.05) is 32.6 Å². The molecule has 0 atom stereocenters. The van der Waals surface area contributed by atoms with E-state index < -0.39 is 0 Å². The molecule has 0 unspecified atom stereocenters. The van der Waals surface area contributed by atoms with Crippen molar-refractivity contribution in [2.45, 2.75) is 12.8 Å². The molecule has 1 fully saturated rings. The molecule has 1 aliphatic heterocycles. The highest BCUT2D eigenvalue weighted by Crippen LogP contribution is 2.26. The lowest BCUT2D eigenvalue weighted by molar-refractivity contribution is -0.121. The van der Waals surface area contributed by atoms with Crippen molar-refractivity contribution in [3.63, 3.8) is 0 Å². The number of amides is 2. The van der Waals surface area contributed by atoms with Crippen molar-refractivity contribution in [3.05, 3.63) is 54.1 Å². The summed E-state index contributed by atoms with van der Waals surface area (Å²) in [4.78, 5) is 27.0. The molecule has 0 saturated carbocycles. The highest BCUT2D eigenvalue weighted by molar-refractivity contribution is 5.96. The topological polar surface area (TPSA) is 67.9 Å². The summed E-state index contributed by atoms with van der Waals surface area (Å²) in [6.45, 7) is 1.09. The number of hydrogen-bond donors (Lipinski definition) is 1. The largest absolute Gasteiger partial charge is 0.497 e. The molecule has 6 nitrogen and oxygen atoms in total. The van der Waals surface area contributed by atoms with E-state index in [0.717, 1.165) is 5.69 Å². The molecule has 6 heteroatoms. The number of carbonyl (C=O) groups excluding carboxylic acids is 2. The zero-order valence-corrected chi connectivity index (χ0v) is 15.6. The van der Waals surface area contributed by atoms with Crippen LogP contribution in [0.3, 0.4) is 0 Å². The van der Waals surface area contributed by atoms with Crippen LogP contribution in [0.15, 0.2) is 48.5 Å². The van der Waals surface area contributed by atoms with Crippen molar-refractivity contribution in [1.82, 2.24) is 4.90 Å². The van der Waals surface area contributed by atoms with Gasteiger partial charge in [-0.1, -0.05) is 18.2 Å². The molecule has 0 radical (unpaired) electrons. The first kappa shape index (κ1) is 18.8. The van der Waals surface area contributed by atoms with Crippen LogP contribution in [0.25, 0.3) is 0 Å². The molecule has 2 aromatic carbocycles. The summed E-state index contributed by atoms with van der Waals surface area (Å²) >= 11 is 0. The molecule has 3 rings (SSSR count). The van der Waals surface area contributed by atoms with Gasteiger partial charge >= 0.3 is 0 Å². The van der Waals surface area contributed by atoms with Crippen LogP contribution in [-0.4, -0.2) is 44.0 Å². The third kappa shape index (κ3) is 4.58. The SMILES string of the molecule is COc1cc(OC)cc(C(=O)N2CCC(C(=O)Nc3ccccc3)CC2)c1. The number of piperidine rings is 1. The number of ether oxygens (including phenoxy) is 2. The van der Waals surface area contributed by atoms with Crippen LogP contribution in [0.2, 0.25) is 0 Å². The predicted molar refractivity (Wildman–Crippen MR) is 103 cm³/mol. The molecule has 0 bridgehead atoms. The molecular formula is C21H24N2O4. The highest BCUT2D eigenvalue weighted by atomic mass is 16.5. The predicted octanol–water partition coefficient (Wildman–Crippen LogP) is 3.19. The van der Waals surface area contributed by atoms with Crippen molar-refractivity contribution < 1.29 is 19.1 Å². The van der Waals surface area contributed by atoms with E-state index in [4.69, 9.17) is 9.47 Å². The summed E-state index contributed by atoms with van der Waals surface area (Å²) in [6, 6.07) is 14.6. The maximum atomic E-state index is 12.8. The minimum atomic E-state index is -0.0888. The first-order chi connectivity index (χ1) is 13.1. The lowest BCUT2D eigenvalue weighted by Crippen LogP contribution is -2.41. The molecule has 27 heavy (non-hydrogen) atoms. The Kier molecular flexibility index (Phi) is 5.96. The van der Waals surface area contributed by atoms with Gasteiger partial charge in [-0.3, -0.25) is 9.59 Å². The number of rotatable bonds is 5. The summed E-state index contributed by atoms with van der Waals surface area (Å²) in [6.07, 6.45) is 1.29. The van der Waals surface area contributed by atoms with Crippen LogP contribution >= 0.6 is 0 Å². The number of para-hydroxylation sites is 1. The second-order valence-corrected chi connectivity index (χ2v) is 6.52. The third-order valence-corrected chi connectivity index (χ3v) is 4.79. The van der Waals surface area contributed by atoms with Gasteiger partial charge in [-0.2, -0.15) is 0 Å². The Morgan fingerprint density at radius 3 is 2.11 bits per heavy atom. The summed E-state index contributed by atoms with van der Waals surface area (Å²) in [5, 5.41) is 2.94. The Morgan fingerprint density at radius 2 is 1.56 bits per heavy atom. The van der Waals surface area contributed by atoms with Crippen molar-refractivity contribution in [2.24, 2.45) is 5.92 Å². The van der Waals surface area contributed by atoms with Gasteiger partial charge in [-0.15, -0.1) is 0 Å². The number of hydrogen-bond acceptors (Lipinski definition) is 4. The third-order valence-electron chi connectivity index (χ3n) is 4.79. The maximum Gasteiger partial charge on any atom is 0.254 e. The van der Waals surface area contributed by atoms with Gasteiger partial charge in [0.15, 0.2) is 0 Å². The summed E-state index contributed by atoms with van der Waals surface area (Å²) < 4.78 is 10.5. The minimum absolute atomic E-state index is 0.0105. The first-order valence-corrected chi connectivity index (χ1v) is 8.99. The van der Waals surface area contributed by atoms with Crippen LogP contribution in [0.4, 0.5) is 5.69 Å². The quantitative estimate of drug-likeness (QED) is 0.880. The Labute approximate surface area is 159 Å². The van der Waals surface area contributed by atoms with E-state index in [1.807, 2.05) is 30.3 Å². The van der Waals surface area contributed by atoms with Crippen LogP contribution in [0.5, 0.6) is 11.5 Å². The fourth-order valence-corrected chi connectivity index (χ4v) is 3.22. The zero-order chi connectivity index (χ0) is 19.2. The van der Waals surface area contributed by atoms with Gasteiger partial charge in [-0.25, -0.2) is 0 Å². The number of anilines is 1. The van der Waals surface area contributed by atoms with Gasteiger partial charge in [0, 0.05) is 36.3 Å². The molecule has 1 saturated heterocycles. The van der Waals surface area contributed by atoms with Gasteiger partial charge in [0.1, 0.15) is 11.5 Å². The lowest BCUT2D eigenvalue weighted by atomic mass is 9.95. The fraction of sp³-hybridized carbons (Fsp3) is 0.333. The van der Waals surface area contributed by atoms with Gasteiger partial charge < -0.3 is 19.7 Å². The van der Waals surface area contributed by atoms with Gasteiger partial charge in [0.05, 0.1) is 14.2 Å². The molecule has 2 amide bonds. The van der Waals surface area contributed by atoms with Crippen molar-refractivity contribution in [3.8, 4) is 11.5 Å². The Morgan fingerprint density at radius 1 is 0.963 bits per heavy atom. The second-order valence-electron chi connectivity index (χ2n) is 6.52. The van der Waals surface area contributed by atoms with Gasteiger partial charge in [0.2, 0.25) is 5.91 Å². The lowest BCUT2D eigenvalue weighted by Gasteiger charge is -2.31. The Balaban J connectivity index is 1.60. The number of carbonyl (C=O) groups is 2. The minimum Gasteiger partial charge on any atom is -0.497 e. The number of likely N-dealkylation sites (tertiary alicyclic amines) is 1. The first-order valence-electron chi connectivity index (χ1n) is 8.99. The smallest absolute Gasteiger partial charge is 0.254 e. The number of nitrogens with zero attached hydrogens (tertiary/aromatic N) is 1. The maximum absolute atomic E-state index is 12.8. The molecule has 1 aliphatic rings. The van der Waals surface area contributed by atoms with E-state index in [-0.39, 0.29) is 17.7 Å². The number of benzene rings is 2. The monoisotopic (exact) mass is 368 g/mol. The van der Waals surface area contributed by atoms with Crippen LogP contribution in [0, 0.1) is 5.92 Å². The van der Waals surface area contributed by atoms with E-state index in [1.54, 1.807) is 37.3 Å². The molecule has 0 spiro atoms. The summed E-state index contributed by atoms with van der Waals surface area (Å²) in [5.74, 6) is 1.00. The standard InChI is InChI=1S/C21H24N2O4/c1-26-18-12-16(13-19(14-18)27-2)21(25)23-10-8-15(9-11-23)20(24)22-17-6-4-3-5-7-17/h3-7,12-15H,8-11H2,1-2H3,(H,22,24). The van der Waals surface area contributed by atoms with Gasteiger partial charge in [0.25, 0.3) is 5.91 Å². The molecule has 0 aliphatic carbocycles. The number of methoxy groups -OCH3 is 2. The van der Waals surface area contributed by atoms with E-state index >= 15 is 0 Å². The van der Waals surface area contributed by atoms with Gasteiger partial charge in [-0.05, 0) is 37.1 Å². The molecule has 142 valence electrons. The number of nitrogens with one attached hydrogen (secondary N) is 1. The second kappa shape index (κ2) is 8.58. The van der Waals surface area contributed by atoms with Crippen molar-refractivity contribution >= 4 is 17.5 Å². The average Bonchev–Trinajstić information content (AvgIpc) is 2.73. The normalized spacial score (nSPS) is 14.5. The molecular weight excluding hydrogens is 344 g/mol. The molecule has 2 aromatic rings. The van der Waals surface area contributed by atoms with E-state index in [2.05, 4.69) is 5.32 Å². The van der Waals surface area contributed by atoms with Crippen LogP contribution < -0.4 is 14.8 Å². The summed E-state index contributed by atoms with van der Waals surface area (Å²) in [5.41, 5.74) is 1.32. The van der Waals surface area contributed by atoms with Crippen molar-refractivity contribution in [1.29, 1.82) is 0 Å². The van der Waals surface area contributed by atoms with Crippen LogP contribution in [0.1, 0.15) is 23.2 Å². The fourth-order valence-electron chi connectivity index (χ4n) is 3.22. The molecule has 1 N–H and O–H groups in total. The zero-order valence-electron chi connectivity index (χ0n) is 15.6. The van der Waals surface area contributed by atoms with E-state index in [1.165, 1.54) is 0 Å².